The number of amides is 1. The van der Waals surface area contributed by atoms with Crippen LogP contribution in [0, 0.1) is 0 Å². The standard InChI is InChI=1S/C54H62N4O14/c1-35(59)56-44-50(72-54-51(67-31-40-25-15-6-16-26-40)48(66-30-39-23-13-5-14-24-39)42(34-68-54)65-29-38-21-11-4-12-22-38)49(43(69-52(44)57-58-55)33-64-28-37-19-9-3-10-20-37)71-53-47(62)46(61)45(60)41(70-53)32-63-27-36-17-7-2-8-18-36/h2-26,41-54,60-62H,27-34H2,1H3,(H,56,59)/t41-,42-,43-,44-,45+,46+,47-,48-,49-,50-,51+,52-,53+,54+/m1/s1. The second kappa shape index (κ2) is 26.9. The average molecular weight is 991 g/mol. The highest BCUT2D eigenvalue weighted by atomic mass is 16.8. The molecule has 72 heavy (non-hydrogen) atoms. The van der Waals surface area contributed by atoms with Crippen molar-refractivity contribution >= 4 is 5.91 Å². The fraction of sp³-hybridized carbons (Fsp3) is 0.426. The Hall–Kier alpha value is -5.64. The summed E-state index contributed by atoms with van der Waals surface area (Å²) >= 11 is 0. The van der Waals surface area contributed by atoms with Gasteiger partial charge in [-0.15, -0.1) is 0 Å². The van der Waals surface area contributed by atoms with E-state index in [0.29, 0.717) is 0 Å². The first kappa shape index (κ1) is 52.7. The number of aliphatic hydroxyl groups excluding tert-OH is 3. The Morgan fingerprint density at radius 1 is 0.569 bits per heavy atom. The topological polar surface area (TPSA) is 231 Å². The molecule has 3 heterocycles. The van der Waals surface area contributed by atoms with E-state index in [0.717, 1.165) is 27.8 Å². The number of benzene rings is 5. The van der Waals surface area contributed by atoms with E-state index in [1.54, 1.807) is 0 Å². The molecule has 8 rings (SSSR count). The van der Waals surface area contributed by atoms with E-state index < -0.39 is 91.8 Å². The second-order valence-electron chi connectivity index (χ2n) is 17.8. The van der Waals surface area contributed by atoms with Crippen LogP contribution in [-0.2, 0) is 85.2 Å². The van der Waals surface area contributed by atoms with Crippen molar-refractivity contribution in [2.24, 2.45) is 5.11 Å². The van der Waals surface area contributed by atoms with E-state index in [9.17, 15) is 25.6 Å². The smallest absolute Gasteiger partial charge is 0.217 e. The second-order valence-corrected chi connectivity index (χ2v) is 17.8. The van der Waals surface area contributed by atoms with Crippen molar-refractivity contribution in [2.45, 2.75) is 126 Å². The summed E-state index contributed by atoms with van der Waals surface area (Å²) in [4.78, 5) is 16.2. The zero-order valence-electron chi connectivity index (χ0n) is 39.8. The molecule has 3 aliphatic rings. The van der Waals surface area contributed by atoms with E-state index in [1.165, 1.54) is 6.92 Å². The lowest BCUT2D eigenvalue weighted by atomic mass is 9.94. The van der Waals surface area contributed by atoms with Crippen LogP contribution < -0.4 is 5.32 Å². The Balaban J connectivity index is 1.14. The Bertz CT molecular complexity index is 2410. The molecule has 18 nitrogen and oxygen atoms in total. The van der Waals surface area contributed by atoms with Gasteiger partial charge < -0.3 is 68.0 Å². The van der Waals surface area contributed by atoms with Crippen molar-refractivity contribution in [3.05, 3.63) is 190 Å². The lowest BCUT2D eigenvalue weighted by Crippen LogP contribution is -2.69. The number of aliphatic hydroxyl groups is 3. The van der Waals surface area contributed by atoms with Gasteiger partial charge in [-0.25, -0.2) is 0 Å². The minimum Gasteiger partial charge on any atom is -0.387 e. The van der Waals surface area contributed by atoms with Crippen LogP contribution in [0.5, 0.6) is 0 Å². The largest absolute Gasteiger partial charge is 0.387 e. The number of rotatable bonds is 23. The van der Waals surface area contributed by atoms with Gasteiger partial charge in [0.05, 0.1) is 58.9 Å². The molecule has 0 spiro atoms. The number of carbonyl (C=O) groups is 1. The molecule has 3 aliphatic heterocycles. The van der Waals surface area contributed by atoms with Crippen LogP contribution in [0.3, 0.4) is 0 Å². The maximum atomic E-state index is 13.2. The van der Waals surface area contributed by atoms with Gasteiger partial charge in [-0.2, -0.15) is 0 Å². The van der Waals surface area contributed by atoms with E-state index in [-0.39, 0.29) is 52.9 Å². The molecule has 0 aliphatic carbocycles. The SMILES string of the molecule is CC(=O)N[C@@H]1[C@@H](O[C@@H]2OC[C@@H](OCc3ccccc3)[C@@H](OCc3ccccc3)[C@@H]2OCc2ccccc2)[C@H](O[C@@H]2O[C@H](COCc3ccccc3)[C@H](O)[C@H](O)[C@H]2O)[C@@H](COCc2ccccc2)O[C@H]1N=[N+]=[N-]. The highest BCUT2D eigenvalue weighted by Crippen LogP contribution is 2.36. The van der Waals surface area contributed by atoms with Crippen molar-refractivity contribution < 1.29 is 67.5 Å². The van der Waals surface area contributed by atoms with Crippen LogP contribution in [0.15, 0.2) is 157 Å². The molecule has 5 aromatic carbocycles. The van der Waals surface area contributed by atoms with Gasteiger partial charge in [0.25, 0.3) is 0 Å². The van der Waals surface area contributed by atoms with Crippen molar-refractivity contribution in [3.8, 4) is 0 Å². The van der Waals surface area contributed by atoms with Gasteiger partial charge in [0, 0.05) is 11.8 Å². The van der Waals surface area contributed by atoms with Crippen LogP contribution in [0.4, 0.5) is 0 Å². The molecular formula is C54H62N4O14. The predicted molar refractivity (Wildman–Crippen MR) is 259 cm³/mol. The molecule has 4 N–H and O–H groups in total. The molecule has 1 amide bonds. The summed E-state index contributed by atoms with van der Waals surface area (Å²) in [5, 5.41) is 40.8. The fourth-order valence-corrected chi connectivity index (χ4v) is 8.82. The Labute approximate surface area is 418 Å². The molecule has 0 unspecified atom stereocenters. The first-order chi connectivity index (χ1) is 35.2. The summed E-state index contributed by atoms with van der Waals surface area (Å²) in [6.45, 7) is 1.68. The number of hydrogen-bond donors (Lipinski definition) is 4. The Morgan fingerprint density at radius 2 is 1.03 bits per heavy atom. The normalized spacial score (nSPS) is 29.4. The number of nitrogens with one attached hydrogen (secondary N) is 1. The van der Waals surface area contributed by atoms with Gasteiger partial charge in [0.2, 0.25) is 5.91 Å². The monoisotopic (exact) mass is 990 g/mol. The summed E-state index contributed by atoms with van der Waals surface area (Å²) < 4.78 is 65.4. The van der Waals surface area contributed by atoms with E-state index in [2.05, 4.69) is 15.3 Å². The highest BCUT2D eigenvalue weighted by Gasteiger charge is 2.55. The lowest BCUT2D eigenvalue weighted by Gasteiger charge is -2.50. The average Bonchev–Trinajstić information content (AvgIpc) is 3.41. The van der Waals surface area contributed by atoms with Gasteiger partial charge in [0.1, 0.15) is 61.0 Å². The van der Waals surface area contributed by atoms with Crippen molar-refractivity contribution in [1.82, 2.24) is 5.32 Å². The van der Waals surface area contributed by atoms with Crippen molar-refractivity contribution in [3.63, 3.8) is 0 Å². The van der Waals surface area contributed by atoms with Crippen LogP contribution in [0.25, 0.3) is 10.4 Å². The number of hydrogen-bond acceptors (Lipinski definition) is 15. The summed E-state index contributed by atoms with van der Waals surface area (Å²) in [6, 6.07) is 46.4. The molecule has 3 saturated heterocycles. The van der Waals surface area contributed by atoms with Gasteiger partial charge >= 0.3 is 0 Å². The van der Waals surface area contributed by atoms with E-state index in [1.807, 2.05) is 152 Å². The third-order valence-corrected chi connectivity index (χ3v) is 12.5. The van der Waals surface area contributed by atoms with Gasteiger partial charge in [-0.05, 0) is 33.3 Å². The first-order valence-corrected chi connectivity index (χ1v) is 24.0. The van der Waals surface area contributed by atoms with Crippen molar-refractivity contribution in [2.75, 3.05) is 19.8 Å². The first-order valence-electron chi connectivity index (χ1n) is 24.0. The van der Waals surface area contributed by atoms with Gasteiger partial charge in [0.15, 0.2) is 18.8 Å². The molecule has 382 valence electrons. The zero-order valence-corrected chi connectivity index (χ0v) is 39.8. The molecule has 0 saturated carbocycles. The Morgan fingerprint density at radius 3 is 1.53 bits per heavy atom. The van der Waals surface area contributed by atoms with E-state index in [4.69, 9.17) is 47.4 Å². The Kier molecular flexibility index (Phi) is 19.7. The molecule has 0 radical (unpaired) electrons. The van der Waals surface area contributed by atoms with Gasteiger partial charge in [-0.3, -0.25) is 4.79 Å². The maximum absolute atomic E-state index is 13.2. The van der Waals surface area contributed by atoms with E-state index >= 15 is 0 Å². The minimum absolute atomic E-state index is 0.0374. The quantitative estimate of drug-likeness (QED) is 0.0352. The van der Waals surface area contributed by atoms with Gasteiger partial charge in [-0.1, -0.05) is 157 Å². The summed E-state index contributed by atoms with van der Waals surface area (Å²) in [6.07, 6.45) is -17.1. The van der Waals surface area contributed by atoms with Crippen LogP contribution in [-0.4, -0.2) is 127 Å². The lowest BCUT2D eigenvalue weighted by molar-refractivity contribution is -0.362. The van der Waals surface area contributed by atoms with Crippen LogP contribution in [0.1, 0.15) is 34.7 Å². The molecule has 0 aromatic heterocycles. The molecule has 5 aromatic rings. The molecule has 0 bridgehead atoms. The summed E-state index contributed by atoms with van der Waals surface area (Å²) in [7, 11) is 0. The van der Waals surface area contributed by atoms with Crippen molar-refractivity contribution in [1.29, 1.82) is 0 Å². The number of nitrogens with zero attached hydrogens (tertiary/aromatic N) is 3. The third kappa shape index (κ3) is 14.5. The molecule has 14 atom stereocenters. The molecular weight excluding hydrogens is 929 g/mol. The van der Waals surface area contributed by atoms with Crippen LogP contribution in [0.2, 0.25) is 0 Å². The fourth-order valence-electron chi connectivity index (χ4n) is 8.82. The highest BCUT2D eigenvalue weighted by molar-refractivity contribution is 5.73. The summed E-state index contributed by atoms with van der Waals surface area (Å²) in [5.74, 6) is -0.532. The number of carbonyl (C=O) groups excluding carboxylic acids is 1. The number of ether oxygens (including phenoxy) is 10. The minimum atomic E-state index is -1.81. The number of azide groups is 1. The molecule has 3 fully saturated rings. The summed E-state index contributed by atoms with van der Waals surface area (Å²) in [5.41, 5.74) is 14.3. The molecule has 18 heteroatoms. The predicted octanol–water partition coefficient (Wildman–Crippen LogP) is 5.65. The maximum Gasteiger partial charge on any atom is 0.217 e. The van der Waals surface area contributed by atoms with Crippen LogP contribution >= 0.6 is 0 Å². The zero-order chi connectivity index (χ0) is 50.1. The third-order valence-electron chi connectivity index (χ3n) is 12.5.